The van der Waals surface area contributed by atoms with Crippen molar-refractivity contribution in [3.63, 3.8) is 0 Å². The molecule has 1 fully saturated rings. The molecule has 3 rings (SSSR count). The molecule has 2 atom stereocenters. The molecular weight excluding hydrogens is 321 g/mol. The first-order valence-corrected chi connectivity index (χ1v) is 8.58. The first-order chi connectivity index (χ1) is 11.9. The molecule has 1 aliphatic rings. The smallest absolute Gasteiger partial charge is 0.123 e. The minimum absolute atomic E-state index is 0.109. The van der Waals surface area contributed by atoms with Gasteiger partial charge in [0.1, 0.15) is 11.6 Å². The van der Waals surface area contributed by atoms with Crippen molar-refractivity contribution in [2.45, 2.75) is 37.5 Å². The Morgan fingerprint density at radius 1 is 1.00 bits per heavy atom. The van der Waals surface area contributed by atoms with E-state index in [0.717, 1.165) is 11.1 Å². The van der Waals surface area contributed by atoms with Crippen molar-refractivity contribution in [3.05, 3.63) is 65.5 Å². The summed E-state index contributed by atoms with van der Waals surface area (Å²) in [7, 11) is 0. The van der Waals surface area contributed by atoms with Crippen LogP contribution in [0.1, 0.15) is 37.0 Å². The highest BCUT2D eigenvalue weighted by Gasteiger charge is 2.36. The summed E-state index contributed by atoms with van der Waals surface area (Å²) >= 11 is 0. The molecule has 134 valence electrons. The van der Waals surface area contributed by atoms with E-state index in [1.54, 1.807) is 36.4 Å². The third-order valence-corrected chi connectivity index (χ3v) is 5.27. The average Bonchev–Trinajstić information content (AvgIpc) is 2.62. The number of phenols is 1. The highest BCUT2D eigenvalue weighted by molar-refractivity contribution is 5.28. The van der Waals surface area contributed by atoms with E-state index in [2.05, 4.69) is 4.90 Å². The molecule has 2 aromatic carbocycles. The number of phenolic OH excluding ortho intramolecular Hbond substituents is 1. The lowest BCUT2D eigenvalue weighted by atomic mass is 9.83. The summed E-state index contributed by atoms with van der Waals surface area (Å²) in [6.07, 6.45) is 0.397. The van der Waals surface area contributed by atoms with Gasteiger partial charge in [-0.15, -0.1) is 0 Å². The summed E-state index contributed by atoms with van der Waals surface area (Å²) in [5.74, 6) is -0.138. The van der Waals surface area contributed by atoms with E-state index in [4.69, 9.17) is 0 Å². The third kappa shape index (κ3) is 3.84. The Balaban J connectivity index is 1.64. The Bertz CT molecular complexity index is 694. The molecule has 1 saturated heterocycles. The van der Waals surface area contributed by atoms with Gasteiger partial charge in [0.05, 0.1) is 11.7 Å². The van der Waals surface area contributed by atoms with Crippen LogP contribution in [-0.4, -0.2) is 39.4 Å². The molecule has 25 heavy (non-hydrogen) atoms. The van der Waals surface area contributed by atoms with Crippen molar-refractivity contribution >= 4 is 0 Å². The molecule has 0 bridgehead atoms. The van der Waals surface area contributed by atoms with Crippen LogP contribution in [0.5, 0.6) is 5.75 Å². The number of aliphatic hydroxyl groups excluding tert-OH is 1. The van der Waals surface area contributed by atoms with Crippen molar-refractivity contribution in [3.8, 4) is 5.75 Å². The fourth-order valence-corrected chi connectivity index (χ4v) is 3.50. The predicted octanol–water partition coefficient (Wildman–Crippen LogP) is 2.94. The van der Waals surface area contributed by atoms with Crippen LogP contribution in [0, 0.1) is 5.82 Å². The lowest BCUT2D eigenvalue weighted by molar-refractivity contribution is -0.0502. The number of piperidine rings is 1. The number of nitrogens with zero attached hydrogens (tertiary/aromatic N) is 1. The van der Waals surface area contributed by atoms with Gasteiger partial charge in [0.25, 0.3) is 0 Å². The van der Waals surface area contributed by atoms with E-state index in [1.807, 2.05) is 6.92 Å². The summed E-state index contributed by atoms with van der Waals surface area (Å²) in [4.78, 5) is 2.15. The molecule has 0 unspecified atom stereocenters. The topological polar surface area (TPSA) is 63.9 Å². The van der Waals surface area contributed by atoms with Crippen LogP contribution in [-0.2, 0) is 5.60 Å². The molecule has 0 spiro atoms. The van der Waals surface area contributed by atoms with Gasteiger partial charge in [-0.05, 0) is 55.2 Å². The largest absolute Gasteiger partial charge is 0.508 e. The first-order valence-electron chi connectivity index (χ1n) is 8.58. The molecule has 0 saturated carbocycles. The van der Waals surface area contributed by atoms with Crippen LogP contribution in [0.4, 0.5) is 4.39 Å². The fraction of sp³-hybridized carbons (Fsp3) is 0.400. The number of aliphatic hydroxyl groups is 2. The van der Waals surface area contributed by atoms with Crippen molar-refractivity contribution in [1.82, 2.24) is 4.90 Å². The Morgan fingerprint density at radius 2 is 1.56 bits per heavy atom. The van der Waals surface area contributed by atoms with Crippen LogP contribution in [0.2, 0.25) is 0 Å². The molecule has 3 N–H and O–H groups in total. The molecule has 0 aromatic heterocycles. The number of benzene rings is 2. The predicted molar refractivity (Wildman–Crippen MR) is 93.6 cm³/mol. The zero-order chi connectivity index (χ0) is 18.0. The van der Waals surface area contributed by atoms with Gasteiger partial charge >= 0.3 is 0 Å². The van der Waals surface area contributed by atoms with Crippen molar-refractivity contribution < 1.29 is 19.7 Å². The van der Waals surface area contributed by atoms with Crippen molar-refractivity contribution in [2.75, 3.05) is 13.1 Å². The van der Waals surface area contributed by atoms with Gasteiger partial charge in [-0.3, -0.25) is 4.90 Å². The summed E-state index contributed by atoms with van der Waals surface area (Å²) in [5, 5.41) is 30.8. The number of hydrogen-bond acceptors (Lipinski definition) is 4. The Morgan fingerprint density at radius 3 is 2.12 bits per heavy atom. The van der Waals surface area contributed by atoms with Crippen molar-refractivity contribution in [1.29, 1.82) is 0 Å². The van der Waals surface area contributed by atoms with E-state index in [0.29, 0.717) is 25.9 Å². The van der Waals surface area contributed by atoms with E-state index < -0.39 is 11.7 Å². The maximum absolute atomic E-state index is 13.1. The Labute approximate surface area is 147 Å². The quantitative estimate of drug-likeness (QED) is 0.797. The minimum atomic E-state index is -0.951. The highest BCUT2D eigenvalue weighted by Crippen LogP contribution is 2.35. The van der Waals surface area contributed by atoms with E-state index in [9.17, 15) is 19.7 Å². The summed E-state index contributed by atoms with van der Waals surface area (Å²) in [6, 6.07) is 12.5. The SMILES string of the molecule is C[C@@H]([C@@H](O)c1ccc(O)cc1)N1CCC(O)(c2ccc(F)cc2)CC1. The highest BCUT2D eigenvalue weighted by atomic mass is 19.1. The maximum atomic E-state index is 13.1. The number of likely N-dealkylation sites (tertiary alicyclic amines) is 1. The Kier molecular flexibility index (Phi) is 5.08. The second kappa shape index (κ2) is 7.12. The summed E-state index contributed by atoms with van der Waals surface area (Å²) in [6.45, 7) is 3.24. The summed E-state index contributed by atoms with van der Waals surface area (Å²) in [5.41, 5.74) is 0.540. The molecule has 5 heteroatoms. The lowest BCUT2D eigenvalue weighted by Gasteiger charge is -2.42. The first kappa shape index (κ1) is 17.9. The van der Waals surface area contributed by atoms with Gasteiger partial charge in [0.15, 0.2) is 0 Å². The molecule has 2 aromatic rings. The van der Waals surface area contributed by atoms with E-state index in [1.165, 1.54) is 12.1 Å². The van der Waals surface area contributed by atoms with Gasteiger partial charge in [0, 0.05) is 19.1 Å². The molecule has 0 amide bonds. The number of halogens is 1. The molecule has 1 heterocycles. The normalized spacial score (nSPS) is 20.2. The number of rotatable bonds is 4. The van der Waals surface area contributed by atoms with Gasteiger partial charge in [-0.2, -0.15) is 0 Å². The van der Waals surface area contributed by atoms with Gasteiger partial charge in [-0.1, -0.05) is 24.3 Å². The third-order valence-electron chi connectivity index (χ3n) is 5.27. The number of aromatic hydroxyl groups is 1. The summed E-state index contributed by atoms with van der Waals surface area (Å²) < 4.78 is 13.1. The zero-order valence-corrected chi connectivity index (χ0v) is 14.3. The second-order valence-electron chi connectivity index (χ2n) is 6.85. The average molecular weight is 345 g/mol. The van der Waals surface area contributed by atoms with Crippen molar-refractivity contribution in [2.24, 2.45) is 0 Å². The standard InChI is InChI=1S/C20H24FNO3/c1-14(19(24)15-2-8-18(23)9-3-15)22-12-10-20(25,11-13-22)16-4-6-17(21)7-5-16/h2-9,14,19,23-25H,10-13H2,1H3/t14-,19+/m0/s1. The monoisotopic (exact) mass is 345 g/mol. The molecule has 0 aliphatic carbocycles. The van der Waals surface area contributed by atoms with Crippen LogP contribution in [0.25, 0.3) is 0 Å². The second-order valence-corrected chi connectivity index (χ2v) is 6.85. The van der Waals surface area contributed by atoms with Crippen LogP contribution in [0.15, 0.2) is 48.5 Å². The van der Waals surface area contributed by atoms with Crippen LogP contribution < -0.4 is 0 Å². The van der Waals surface area contributed by atoms with Crippen LogP contribution >= 0.6 is 0 Å². The number of hydrogen-bond donors (Lipinski definition) is 3. The molecule has 4 nitrogen and oxygen atoms in total. The Hall–Kier alpha value is -1.95. The minimum Gasteiger partial charge on any atom is -0.508 e. The zero-order valence-electron chi connectivity index (χ0n) is 14.3. The van der Waals surface area contributed by atoms with E-state index in [-0.39, 0.29) is 17.6 Å². The van der Waals surface area contributed by atoms with Gasteiger partial charge in [-0.25, -0.2) is 4.39 Å². The van der Waals surface area contributed by atoms with Gasteiger partial charge < -0.3 is 15.3 Å². The maximum Gasteiger partial charge on any atom is 0.123 e. The fourth-order valence-electron chi connectivity index (χ4n) is 3.50. The molecule has 1 aliphatic heterocycles. The molecule has 0 radical (unpaired) electrons. The van der Waals surface area contributed by atoms with E-state index >= 15 is 0 Å². The van der Waals surface area contributed by atoms with Gasteiger partial charge in [0.2, 0.25) is 0 Å². The lowest BCUT2D eigenvalue weighted by Crippen LogP contribution is -2.47. The molecular formula is C20H24FNO3. The van der Waals surface area contributed by atoms with Crippen LogP contribution in [0.3, 0.4) is 0 Å².